The van der Waals surface area contributed by atoms with Crippen molar-refractivity contribution in [2.75, 3.05) is 12.4 Å². The Hall–Kier alpha value is -0.960. The van der Waals surface area contributed by atoms with E-state index >= 15 is 0 Å². The highest BCUT2D eigenvalue weighted by molar-refractivity contribution is 8.00. The fraction of sp³-hybridized carbons (Fsp3) is 0.533. The molecule has 1 aromatic rings. The van der Waals surface area contributed by atoms with Gasteiger partial charge in [-0.3, -0.25) is 4.79 Å². The summed E-state index contributed by atoms with van der Waals surface area (Å²) < 4.78 is 6.01. The standard InChI is InChI=1S/C15H22O2S/c1-11-10-13(12(2)16)6-7-14(11)17-8-9-18-15(3,4)5/h6-7,10H,8-9H2,1-5H3. The topological polar surface area (TPSA) is 26.3 Å². The predicted molar refractivity (Wildman–Crippen MR) is 78.9 cm³/mol. The van der Waals surface area contributed by atoms with Crippen molar-refractivity contribution in [2.24, 2.45) is 0 Å². The second-order valence-electron chi connectivity index (χ2n) is 5.35. The lowest BCUT2D eigenvalue weighted by Gasteiger charge is -2.17. The molecule has 0 heterocycles. The van der Waals surface area contributed by atoms with Crippen molar-refractivity contribution < 1.29 is 9.53 Å². The largest absolute Gasteiger partial charge is 0.492 e. The number of thioether (sulfide) groups is 1. The molecule has 0 saturated carbocycles. The van der Waals surface area contributed by atoms with Gasteiger partial charge in [-0.1, -0.05) is 20.8 Å². The van der Waals surface area contributed by atoms with Crippen molar-refractivity contribution in [3.63, 3.8) is 0 Å². The number of ketones is 1. The maximum Gasteiger partial charge on any atom is 0.159 e. The van der Waals surface area contributed by atoms with Crippen LogP contribution in [0.1, 0.15) is 43.6 Å². The van der Waals surface area contributed by atoms with Gasteiger partial charge in [0.2, 0.25) is 0 Å². The zero-order chi connectivity index (χ0) is 13.8. The molecule has 0 bridgehead atoms. The van der Waals surface area contributed by atoms with Gasteiger partial charge < -0.3 is 4.74 Å². The molecule has 0 atom stereocenters. The summed E-state index contributed by atoms with van der Waals surface area (Å²) >= 11 is 1.89. The average molecular weight is 266 g/mol. The Morgan fingerprint density at radius 3 is 2.50 bits per heavy atom. The minimum Gasteiger partial charge on any atom is -0.492 e. The van der Waals surface area contributed by atoms with Crippen LogP contribution in [0.5, 0.6) is 5.75 Å². The summed E-state index contributed by atoms with van der Waals surface area (Å²) in [5.74, 6) is 1.93. The lowest BCUT2D eigenvalue weighted by molar-refractivity contribution is 0.101. The van der Waals surface area contributed by atoms with E-state index < -0.39 is 0 Å². The number of hydrogen-bond donors (Lipinski definition) is 0. The Bertz CT molecular complexity index is 419. The number of Topliss-reactive ketones (excluding diaryl/α,β-unsaturated/α-hetero) is 1. The third kappa shape index (κ3) is 5.13. The molecule has 0 fully saturated rings. The molecule has 0 aromatic heterocycles. The average Bonchev–Trinajstić information content (AvgIpc) is 2.24. The molecular formula is C15H22O2S. The van der Waals surface area contributed by atoms with Gasteiger partial charge >= 0.3 is 0 Å². The first-order valence-corrected chi connectivity index (χ1v) is 7.16. The number of benzene rings is 1. The van der Waals surface area contributed by atoms with Crippen molar-refractivity contribution in [1.29, 1.82) is 0 Å². The molecular weight excluding hydrogens is 244 g/mol. The number of carbonyl (C=O) groups is 1. The van der Waals surface area contributed by atoms with E-state index in [0.717, 1.165) is 22.6 Å². The highest BCUT2D eigenvalue weighted by Gasteiger charge is 2.10. The zero-order valence-corrected chi connectivity index (χ0v) is 12.7. The van der Waals surface area contributed by atoms with Gasteiger partial charge in [-0.2, -0.15) is 11.8 Å². The van der Waals surface area contributed by atoms with Crippen LogP contribution in [0.3, 0.4) is 0 Å². The van der Waals surface area contributed by atoms with E-state index in [1.54, 1.807) is 6.92 Å². The van der Waals surface area contributed by atoms with E-state index in [1.165, 1.54) is 0 Å². The zero-order valence-electron chi connectivity index (χ0n) is 11.9. The van der Waals surface area contributed by atoms with E-state index in [4.69, 9.17) is 4.74 Å². The second-order valence-corrected chi connectivity index (χ2v) is 7.27. The SMILES string of the molecule is CC(=O)c1ccc(OCCSC(C)(C)C)c(C)c1. The molecule has 0 aliphatic carbocycles. The molecule has 100 valence electrons. The van der Waals surface area contributed by atoms with Crippen molar-refractivity contribution in [3.05, 3.63) is 29.3 Å². The quantitative estimate of drug-likeness (QED) is 0.592. The van der Waals surface area contributed by atoms with Gasteiger partial charge in [-0.05, 0) is 37.6 Å². The summed E-state index contributed by atoms with van der Waals surface area (Å²) in [6, 6.07) is 5.59. The van der Waals surface area contributed by atoms with Crippen LogP contribution < -0.4 is 4.74 Å². The van der Waals surface area contributed by atoms with E-state index in [9.17, 15) is 4.79 Å². The van der Waals surface area contributed by atoms with E-state index in [2.05, 4.69) is 20.8 Å². The molecule has 0 N–H and O–H groups in total. The summed E-state index contributed by atoms with van der Waals surface area (Å²) in [6.07, 6.45) is 0. The summed E-state index contributed by atoms with van der Waals surface area (Å²) in [7, 11) is 0. The van der Waals surface area contributed by atoms with Crippen LogP contribution >= 0.6 is 11.8 Å². The Morgan fingerprint density at radius 1 is 1.33 bits per heavy atom. The van der Waals surface area contributed by atoms with Gasteiger partial charge in [0.15, 0.2) is 5.78 Å². The van der Waals surface area contributed by atoms with Crippen molar-refractivity contribution in [3.8, 4) is 5.75 Å². The molecule has 1 rings (SSSR count). The summed E-state index contributed by atoms with van der Waals surface area (Å²) in [5.41, 5.74) is 1.76. The van der Waals surface area contributed by atoms with Crippen LogP contribution in [0.15, 0.2) is 18.2 Å². The summed E-state index contributed by atoms with van der Waals surface area (Å²) in [5, 5.41) is 0. The van der Waals surface area contributed by atoms with E-state index in [1.807, 2.05) is 36.9 Å². The first kappa shape index (κ1) is 15.1. The number of ether oxygens (including phenoxy) is 1. The van der Waals surface area contributed by atoms with Crippen LogP contribution in [-0.4, -0.2) is 22.9 Å². The highest BCUT2D eigenvalue weighted by Crippen LogP contribution is 2.24. The smallest absolute Gasteiger partial charge is 0.159 e. The summed E-state index contributed by atoms with van der Waals surface area (Å²) in [4.78, 5) is 11.2. The third-order valence-electron chi connectivity index (χ3n) is 2.46. The monoisotopic (exact) mass is 266 g/mol. The molecule has 0 unspecified atom stereocenters. The van der Waals surface area contributed by atoms with Crippen LogP contribution in [-0.2, 0) is 0 Å². The molecule has 0 amide bonds. The minimum absolute atomic E-state index is 0.0907. The fourth-order valence-corrected chi connectivity index (χ4v) is 2.31. The number of carbonyl (C=O) groups excluding carboxylic acids is 1. The minimum atomic E-state index is 0.0907. The maximum atomic E-state index is 11.2. The van der Waals surface area contributed by atoms with Gasteiger partial charge in [-0.25, -0.2) is 0 Å². The molecule has 0 saturated heterocycles. The molecule has 0 aliphatic heterocycles. The first-order valence-electron chi connectivity index (χ1n) is 6.18. The van der Waals surface area contributed by atoms with Crippen molar-refractivity contribution >= 4 is 17.5 Å². The Balaban J connectivity index is 2.51. The lowest BCUT2D eigenvalue weighted by atomic mass is 10.1. The van der Waals surface area contributed by atoms with Crippen LogP contribution in [0.25, 0.3) is 0 Å². The van der Waals surface area contributed by atoms with Crippen molar-refractivity contribution in [2.45, 2.75) is 39.4 Å². The number of rotatable bonds is 5. The van der Waals surface area contributed by atoms with Gasteiger partial charge in [0.25, 0.3) is 0 Å². The van der Waals surface area contributed by atoms with E-state index in [-0.39, 0.29) is 10.5 Å². The summed E-state index contributed by atoms with van der Waals surface area (Å²) in [6.45, 7) is 10.8. The second kappa shape index (κ2) is 6.28. The Labute approximate surface area is 114 Å². The Kier molecular flexibility index (Phi) is 5.27. The Morgan fingerprint density at radius 2 is 2.00 bits per heavy atom. The van der Waals surface area contributed by atoms with Gasteiger partial charge in [-0.15, -0.1) is 0 Å². The normalized spacial score (nSPS) is 11.4. The van der Waals surface area contributed by atoms with Crippen molar-refractivity contribution in [1.82, 2.24) is 0 Å². The molecule has 0 spiro atoms. The van der Waals surface area contributed by atoms with Crippen LogP contribution in [0.4, 0.5) is 0 Å². The van der Waals surface area contributed by atoms with Crippen LogP contribution in [0.2, 0.25) is 0 Å². The molecule has 3 heteroatoms. The molecule has 2 nitrogen and oxygen atoms in total. The van der Waals surface area contributed by atoms with Gasteiger partial charge in [0.1, 0.15) is 5.75 Å². The molecule has 1 aromatic carbocycles. The maximum absolute atomic E-state index is 11.2. The van der Waals surface area contributed by atoms with Crippen LogP contribution in [0, 0.1) is 6.92 Å². The van der Waals surface area contributed by atoms with E-state index in [0.29, 0.717) is 6.61 Å². The fourth-order valence-electron chi connectivity index (χ4n) is 1.53. The molecule has 0 radical (unpaired) electrons. The third-order valence-corrected chi connectivity index (χ3v) is 3.69. The predicted octanol–water partition coefficient (Wildman–Crippen LogP) is 4.11. The lowest BCUT2D eigenvalue weighted by Crippen LogP contribution is -2.12. The highest BCUT2D eigenvalue weighted by atomic mass is 32.2. The molecule has 0 aliphatic rings. The first-order chi connectivity index (χ1) is 8.29. The number of hydrogen-bond acceptors (Lipinski definition) is 3. The van der Waals surface area contributed by atoms with Gasteiger partial charge in [0, 0.05) is 16.1 Å². The van der Waals surface area contributed by atoms with Gasteiger partial charge in [0.05, 0.1) is 6.61 Å². The molecule has 18 heavy (non-hydrogen) atoms. The number of aryl methyl sites for hydroxylation is 1.